The zero-order valence-corrected chi connectivity index (χ0v) is 29.1. The van der Waals surface area contributed by atoms with Crippen molar-refractivity contribution in [2.24, 2.45) is 0 Å². The van der Waals surface area contributed by atoms with Crippen molar-refractivity contribution in [2.45, 2.75) is 43.7 Å². The number of nitrogens with zero attached hydrogens (tertiary/aromatic N) is 2. The second-order valence-corrected chi connectivity index (χ2v) is 13.9. The van der Waals surface area contributed by atoms with Crippen LogP contribution in [0.25, 0.3) is 0 Å². The lowest BCUT2D eigenvalue weighted by Crippen LogP contribution is -2.53. The van der Waals surface area contributed by atoms with Crippen molar-refractivity contribution in [2.75, 3.05) is 24.5 Å². The van der Waals surface area contributed by atoms with Gasteiger partial charge in [-0.3, -0.25) is 13.9 Å². The molecule has 248 valence electrons. The summed E-state index contributed by atoms with van der Waals surface area (Å²) in [4.78, 5) is 29.8. The van der Waals surface area contributed by atoms with Crippen LogP contribution in [0.4, 0.5) is 5.69 Å². The number of carbonyl (C=O) groups is 2. The molecule has 0 spiro atoms. The van der Waals surface area contributed by atoms with Crippen molar-refractivity contribution in [3.63, 3.8) is 0 Å². The van der Waals surface area contributed by atoms with Gasteiger partial charge in [0.2, 0.25) is 11.8 Å². The maximum Gasteiger partial charge on any atom is 0.264 e. The number of hydrogen-bond donors (Lipinski definition) is 1. The van der Waals surface area contributed by atoms with E-state index < -0.39 is 28.5 Å². The first-order valence-corrected chi connectivity index (χ1v) is 17.6. The molecule has 12 heteroatoms. The number of sulfonamides is 1. The fourth-order valence-electron chi connectivity index (χ4n) is 4.95. The SMILES string of the molecule is CCCCNC(=O)[C@@H](Cc1ccccc1)N(Cc1ccc(Cl)cc1Cl)C(=O)CN(c1ccc(OC)c(Cl)c1)S(=O)(=O)c1ccccc1. The van der Waals surface area contributed by atoms with Crippen molar-refractivity contribution in [1.29, 1.82) is 0 Å². The highest BCUT2D eigenvalue weighted by Gasteiger charge is 2.35. The van der Waals surface area contributed by atoms with Gasteiger partial charge in [0.05, 0.1) is 22.7 Å². The molecule has 47 heavy (non-hydrogen) atoms. The summed E-state index contributed by atoms with van der Waals surface area (Å²) in [5.41, 5.74) is 1.50. The number of amides is 2. The number of benzene rings is 4. The van der Waals surface area contributed by atoms with Crippen LogP contribution in [-0.4, -0.2) is 51.4 Å². The van der Waals surface area contributed by atoms with E-state index in [0.29, 0.717) is 27.9 Å². The molecule has 2 amide bonds. The molecule has 4 aromatic rings. The zero-order valence-electron chi connectivity index (χ0n) is 26.0. The van der Waals surface area contributed by atoms with Crippen LogP contribution in [-0.2, 0) is 32.6 Å². The Kier molecular flexibility index (Phi) is 13.0. The number of hydrogen-bond acceptors (Lipinski definition) is 5. The molecule has 4 aromatic carbocycles. The molecule has 4 rings (SSSR count). The second-order valence-electron chi connectivity index (χ2n) is 10.8. The third-order valence-corrected chi connectivity index (χ3v) is 10.2. The topological polar surface area (TPSA) is 96.0 Å². The van der Waals surface area contributed by atoms with E-state index in [-0.39, 0.29) is 34.5 Å². The summed E-state index contributed by atoms with van der Waals surface area (Å²) < 4.78 is 34.5. The molecule has 0 bridgehead atoms. The Morgan fingerprint density at radius 3 is 2.17 bits per heavy atom. The minimum absolute atomic E-state index is 0.0230. The molecule has 0 fully saturated rings. The van der Waals surface area contributed by atoms with Gasteiger partial charge in [0.25, 0.3) is 10.0 Å². The highest BCUT2D eigenvalue weighted by atomic mass is 35.5. The van der Waals surface area contributed by atoms with Crippen LogP contribution < -0.4 is 14.4 Å². The van der Waals surface area contributed by atoms with Crippen LogP contribution in [0, 0.1) is 0 Å². The first-order valence-electron chi connectivity index (χ1n) is 15.0. The first-order chi connectivity index (χ1) is 22.5. The molecule has 0 aliphatic heterocycles. The van der Waals surface area contributed by atoms with Crippen LogP contribution in [0.3, 0.4) is 0 Å². The predicted molar refractivity (Wildman–Crippen MR) is 188 cm³/mol. The Morgan fingerprint density at radius 1 is 0.872 bits per heavy atom. The van der Waals surface area contributed by atoms with E-state index in [1.807, 2.05) is 37.3 Å². The summed E-state index contributed by atoms with van der Waals surface area (Å²) in [6.45, 7) is 1.71. The predicted octanol–water partition coefficient (Wildman–Crippen LogP) is 7.41. The van der Waals surface area contributed by atoms with Gasteiger partial charge in [-0.15, -0.1) is 0 Å². The minimum Gasteiger partial charge on any atom is -0.495 e. The summed E-state index contributed by atoms with van der Waals surface area (Å²) in [6.07, 6.45) is 1.79. The quantitative estimate of drug-likeness (QED) is 0.129. The van der Waals surface area contributed by atoms with Crippen molar-refractivity contribution in [1.82, 2.24) is 10.2 Å². The summed E-state index contributed by atoms with van der Waals surface area (Å²) in [5.74, 6) is -0.663. The lowest BCUT2D eigenvalue weighted by molar-refractivity contribution is -0.140. The van der Waals surface area contributed by atoms with E-state index in [4.69, 9.17) is 39.5 Å². The van der Waals surface area contributed by atoms with Gasteiger partial charge in [0.1, 0.15) is 18.3 Å². The van der Waals surface area contributed by atoms with Gasteiger partial charge in [0, 0.05) is 29.6 Å². The highest BCUT2D eigenvalue weighted by molar-refractivity contribution is 7.92. The maximum atomic E-state index is 14.6. The number of anilines is 1. The van der Waals surface area contributed by atoms with Crippen molar-refractivity contribution in [3.8, 4) is 5.75 Å². The summed E-state index contributed by atoms with van der Waals surface area (Å²) in [6, 6.07) is 25.4. The molecular formula is C35H36Cl3N3O5S. The first kappa shape index (κ1) is 36.1. The number of unbranched alkanes of at least 4 members (excludes halogenated alkanes) is 1. The average molecular weight is 717 g/mol. The van der Waals surface area contributed by atoms with E-state index in [0.717, 1.165) is 22.7 Å². The Bertz CT molecular complexity index is 1780. The van der Waals surface area contributed by atoms with Gasteiger partial charge in [0.15, 0.2) is 0 Å². The van der Waals surface area contributed by atoms with Crippen LogP contribution >= 0.6 is 34.8 Å². The standard InChI is InChI=1S/C35H36Cl3N3O5S/c1-3-4-19-39-35(43)32(20-25-11-7-5-8-12-25)40(23-26-15-16-27(36)21-30(26)37)34(42)24-41(28-17-18-33(46-2)31(38)22-28)47(44,45)29-13-9-6-10-14-29/h5-18,21-22,32H,3-4,19-20,23-24H2,1-2H3,(H,39,43)/t32-/m1/s1. The molecule has 1 atom stereocenters. The number of nitrogens with one attached hydrogen (secondary N) is 1. The fraction of sp³-hybridized carbons (Fsp3) is 0.257. The van der Waals surface area contributed by atoms with Gasteiger partial charge < -0.3 is 15.0 Å². The number of rotatable bonds is 15. The third kappa shape index (κ3) is 9.41. The average Bonchev–Trinajstić information content (AvgIpc) is 3.06. The number of carbonyl (C=O) groups excluding carboxylic acids is 2. The van der Waals surface area contributed by atoms with Crippen molar-refractivity contribution >= 4 is 62.3 Å². The fourth-order valence-corrected chi connectivity index (χ4v) is 7.10. The Labute approximate surface area is 291 Å². The molecule has 0 unspecified atom stereocenters. The van der Waals surface area contributed by atoms with Crippen molar-refractivity contribution in [3.05, 3.63) is 123 Å². The molecule has 8 nitrogen and oxygen atoms in total. The van der Waals surface area contributed by atoms with Crippen LogP contribution in [0.5, 0.6) is 5.75 Å². The highest BCUT2D eigenvalue weighted by Crippen LogP contribution is 2.32. The molecule has 0 saturated carbocycles. The number of ether oxygens (including phenoxy) is 1. The van der Waals surface area contributed by atoms with E-state index >= 15 is 0 Å². The number of halogens is 3. The second kappa shape index (κ2) is 16.9. The van der Waals surface area contributed by atoms with Gasteiger partial charge in [-0.1, -0.05) is 103 Å². The maximum absolute atomic E-state index is 14.6. The largest absolute Gasteiger partial charge is 0.495 e. The Balaban J connectivity index is 1.82. The van der Waals surface area contributed by atoms with Crippen molar-refractivity contribution < 1.29 is 22.7 Å². The lowest BCUT2D eigenvalue weighted by atomic mass is 10.0. The molecule has 0 saturated heterocycles. The molecule has 0 aromatic heterocycles. The van der Waals surface area contributed by atoms with Crippen LogP contribution in [0.1, 0.15) is 30.9 Å². The van der Waals surface area contributed by atoms with E-state index in [9.17, 15) is 18.0 Å². The summed E-state index contributed by atoms with van der Waals surface area (Å²) in [7, 11) is -2.84. The van der Waals surface area contributed by atoms with Crippen LogP contribution in [0.2, 0.25) is 15.1 Å². The Morgan fingerprint density at radius 2 is 1.55 bits per heavy atom. The van der Waals surface area contributed by atoms with Gasteiger partial charge in [-0.2, -0.15) is 0 Å². The normalized spacial score (nSPS) is 11.9. The lowest BCUT2D eigenvalue weighted by Gasteiger charge is -2.34. The monoisotopic (exact) mass is 715 g/mol. The minimum atomic E-state index is -4.29. The van der Waals surface area contributed by atoms with Gasteiger partial charge in [-0.25, -0.2) is 8.42 Å². The summed E-state index contributed by atoms with van der Waals surface area (Å²) >= 11 is 19.2. The third-order valence-electron chi connectivity index (χ3n) is 7.49. The van der Waals surface area contributed by atoms with E-state index in [1.165, 1.54) is 42.3 Å². The Hall–Kier alpha value is -3.76. The smallest absolute Gasteiger partial charge is 0.264 e. The molecule has 1 N–H and O–H groups in total. The van der Waals surface area contributed by atoms with Gasteiger partial charge in [-0.05, 0) is 60.0 Å². The zero-order chi connectivity index (χ0) is 34.0. The summed E-state index contributed by atoms with van der Waals surface area (Å²) in [5, 5.41) is 3.83. The molecule has 0 aliphatic rings. The molecular weight excluding hydrogens is 681 g/mol. The molecule has 0 aliphatic carbocycles. The molecule has 0 radical (unpaired) electrons. The molecule has 0 heterocycles. The van der Waals surface area contributed by atoms with Crippen LogP contribution in [0.15, 0.2) is 102 Å². The van der Waals surface area contributed by atoms with E-state index in [1.54, 1.807) is 36.4 Å². The number of methoxy groups -OCH3 is 1. The van der Waals surface area contributed by atoms with Gasteiger partial charge >= 0.3 is 0 Å². The van der Waals surface area contributed by atoms with E-state index in [2.05, 4.69) is 5.32 Å².